The average Bonchev–Trinajstić information content (AvgIpc) is 2.79. The second-order valence-corrected chi connectivity index (χ2v) is 5.39. The van der Waals surface area contributed by atoms with Crippen molar-refractivity contribution in [3.63, 3.8) is 0 Å². The highest BCUT2D eigenvalue weighted by Gasteiger charge is 2.36. The number of allylic oxidation sites excluding steroid dienone is 1. The number of hydrogen-bond acceptors (Lipinski definition) is 4. The lowest BCUT2D eigenvalue weighted by Gasteiger charge is -2.16. The maximum absolute atomic E-state index is 12.6. The van der Waals surface area contributed by atoms with Crippen molar-refractivity contribution in [1.82, 2.24) is 4.90 Å². The molecule has 2 rings (SSSR count). The first kappa shape index (κ1) is 17.5. The van der Waals surface area contributed by atoms with E-state index in [-0.39, 0.29) is 22.6 Å². The molecule has 1 aliphatic heterocycles. The summed E-state index contributed by atoms with van der Waals surface area (Å²) >= 11 is 0. The summed E-state index contributed by atoms with van der Waals surface area (Å²) in [7, 11) is 1.27. The first-order valence-electron chi connectivity index (χ1n) is 7.57. The summed E-state index contributed by atoms with van der Waals surface area (Å²) < 4.78 is 4.80. The molecule has 0 radical (unpaired) electrons. The fraction of sp³-hybridized carbons (Fsp3) is 0.278. The van der Waals surface area contributed by atoms with E-state index in [1.54, 1.807) is 30.0 Å². The van der Waals surface area contributed by atoms with Crippen LogP contribution in [0.5, 0.6) is 0 Å². The van der Waals surface area contributed by atoms with Gasteiger partial charge in [-0.25, -0.2) is 9.59 Å². The number of esters is 1. The fourth-order valence-corrected chi connectivity index (χ4v) is 2.61. The molecule has 1 aromatic carbocycles. The molecular weight excluding hydrogens is 310 g/mol. The number of amides is 1. The minimum Gasteiger partial charge on any atom is -0.478 e. The predicted molar refractivity (Wildman–Crippen MR) is 88.1 cm³/mol. The van der Waals surface area contributed by atoms with Crippen molar-refractivity contribution in [2.45, 2.75) is 20.3 Å². The number of rotatable bonds is 5. The van der Waals surface area contributed by atoms with E-state index in [4.69, 9.17) is 9.84 Å². The molecule has 1 N–H and O–H groups in total. The average molecular weight is 329 g/mol. The van der Waals surface area contributed by atoms with Gasteiger partial charge in [0.1, 0.15) is 0 Å². The van der Waals surface area contributed by atoms with Gasteiger partial charge in [0.2, 0.25) is 0 Å². The van der Waals surface area contributed by atoms with E-state index < -0.39 is 11.9 Å². The van der Waals surface area contributed by atoms with Crippen molar-refractivity contribution >= 4 is 23.9 Å². The Labute approximate surface area is 140 Å². The van der Waals surface area contributed by atoms with Crippen LogP contribution in [0.25, 0.3) is 6.08 Å². The summed E-state index contributed by atoms with van der Waals surface area (Å²) in [6.07, 6.45) is 2.34. The lowest BCUT2D eigenvalue weighted by atomic mass is 10.0. The van der Waals surface area contributed by atoms with E-state index in [9.17, 15) is 14.4 Å². The Hall–Kier alpha value is -2.89. The molecule has 1 amide bonds. The minimum absolute atomic E-state index is 0.155. The maximum Gasteiger partial charge on any atom is 0.340 e. The second kappa shape index (κ2) is 7.12. The highest BCUT2D eigenvalue weighted by atomic mass is 16.5. The number of methoxy groups -OCH3 is 1. The molecular formula is C18H19NO5. The van der Waals surface area contributed by atoms with Crippen LogP contribution in [-0.2, 0) is 14.3 Å². The molecule has 0 bridgehead atoms. The Morgan fingerprint density at radius 2 is 1.88 bits per heavy atom. The number of aromatic carboxylic acids is 1. The molecule has 0 saturated heterocycles. The van der Waals surface area contributed by atoms with Crippen LogP contribution in [0.1, 0.15) is 36.2 Å². The van der Waals surface area contributed by atoms with Crippen molar-refractivity contribution in [2.75, 3.05) is 13.7 Å². The Bertz CT molecular complexity index is 743. The lowest BCUT2D eigenvalue weighted by Crippen LogP contribution is -2.25. The molecule has 0 fully saturated rings. The van der Waals surface area contributed by atoms with Crippen LogP contribution < -0.4 is 0 Å². The zero-order chi connectivity index (χ0) is 17.9. The Kier molecular flexibility index (Phi) is 5.18. The zero-order valence-corrected chi connectivity index (χ0v) is 13.8. The highest BCUT2D eigenvalue weighted by molar-refractivity contribution is 6.16. The third-order valence-corrected chi connectivity index (χ3v) is 3.82. The number of benzene rings is 1. The first-order chi connectivity index (χ1) is 11.4. The molecule has 24 heavy (non-hydrogen) atoms. The molecule has 6 nitrogen and oxygen atoms in total. The van der Waals surface area contributed by atoms with Gasteiger partial charge < -0.3 is 14.7 Å². The maximum atomic E-state index is 12.6. The molecule has 0 atom stereocenters. The number of nitrogens with zero attached hydrogens (tertiary/aromatic N) is 1. The molecule has 1 aromatic rings. The SMILES string of the molecule is CCCN1C(=O)C(=Cc2ccc(C(=O)O)cc2)C(C(=O)OC)=C1C. The van der Waals surface area contributed by atoms with Crippen molar-refractivity contribution in [2.24, 2.45) is 0 Å². The summed E-state index contributed by atoms with van der Waals surface area (Å²) in [6, 6.07) is 6.09. The van der Waals surface area contributed by atoms with Crippen LogP contribution in [0.2, 0.25) is 0 Å². The lowest BCUT2D eigenvalue weighted by molar-refractivity contribution is -0.136. The van der Waals surface area contributed by atoms with E-state index in [0.29, 0.717) is 17.8 Å². The van der Waals surface area contributed by atoms with Crippen molar-refractivity contribution in [1.29, 1.82) is 0 Å². The van der Waals surface area contributed by atoms with Crippen molar-refractivity contribution in [3.8, 4) is 0 Å². The summed E-state index contributed by atoms with van der Waals surface area (Å²) in [5, 5.41) is 8.93. The van der Waals surface area contributed by atoms with Crippen LogP contribution in [0.3, 0.4) is 0 Å². The highest BCUT2D eigenvalue weighted by Crippen LogP contribution is 2.31. The van der Waals surface area contributed by atoms with Gasteiger partial charge in [-0.1, -0.05) is 19.1 Å². The molecule has 0 spiro atoms. The molecule has 6 heteroatoms. The van der Waals surface area contributed by atoms with Gasteiger partial charge in [0.05, 0.1) is 23.8 Å². The van der Waals surface area contributed by atoms with E-state index in [0.717, 1.165) is 6.42 Å². The Balaban J connectivity index is 2.47. The molecule has 126 valence electrons. The van der Waals surface area contributed by atoms with Crippen molar-refractivity contribution in [3.05, 3.63) is 52.2 Å². The third-order valence-electron chi connectivity index (χ3n) is 3.82. The van der Waals surface area contributed by atoms with Gasteiger partial charge in [-0.15, -0.1) is 0 Å². The minimum atomic E-state index is -1.02. The van der Waals surface area contributed by atoms with E-state index in [1.807, 2.05) is 6.92 Å². The first-order valence-corrected chi connectivity index (χ1v) is 7.57. The van der Waals surface area contributed by atoms with Crippen LogP contribution in [0.15, 0.2) is 41.1 Å². The summed E-state index contributed by atoms with van der Waals surface area (Å²) in [5.41, 5.74) is 1.87. The molecule has 0 unspecified atom stereocenters. The van der Waals surface area contributed by atoms with Gasteiger partial charge in [0, 0.05) is 12.2 Å². The van der Waals surface area contributed by atoms with Gasteiger partial charge in [-0.3, -0.25) is 4.79 Å². The number of hydrogen-bond donors (Lipinski definition) is 1. The molecule has 0 aliphatic carbocycles. The van der Waals surface area contributed by atoms with E-state index in [2.05, 4.69) is 0 Å². The molecule has 1 heterocycles. The van der Waals surface area contributed by atoms with Gasteiger partial charge in [0.25, 0.3) is 5.91 Å². The molecule has 1 aliphatic rings. The van der Waals surface area contributed by atoms with Crippen molar-refractivity contribution < 1.29 is 24.2 Å². The van der Waals surface area contributed by atoms with Gasteiger partial charge in [0.15, 0.2) is 0 Å². The number of ether oxygens (including phenoxy) is 1. The Morgan fingerprint density at radius 1 is 1.25 bits per heavy atom. The number of carbonyl (C=O) groups excluding carboxylic acids is 2. The standard InChI is InChI=1S/C18H19NO5/c1-4-9-19-11(2)15(18(23)24-3)14(16(19)20)10-12-5-7-13(8-6-12)17(21)22/h5-8,10H,4,9H2,1-3H3,(H,21,22). The number of carboxylic acid groups (broad SMARTS) is 1. The van der Waals surface area contributed by atoms with Crippen LogP contribution >= 0.6 is 0 Å². The largest absolute Gasteiger partial charge is 0.478 e. The topological polar surface area (TPSA) is 83.9 Å². The van der Waals surface area contributed by atoms with E-state index >= 15 is 0 Å². The normalized spacial score (nSPS) is 16.0. The zero-order valence-electron chi connectivity index (χ0n) is 13.8. The number of carbonyl (C=O) groups is 3. The summed E-state index contributed by atoms with van der Waals surface area (Å²) in [6.45, 7) is 4.18. The third kappa shape index (κ3) is 3.22. The quantitative estimate of drug-likeness (QED) is 0.663. The molecule has 0 saturated carbocycles. The fourth-order valence-electron chi connectivity index (χ4n) is 2.61. The summed E-state index contributed by atoms with van der Waals surface area (Å²) in [5.74, 6) is -1.84. The van der Waals surface area contributed by atoms with Crippen LogP contribution in [0.4, 0.5) is 0 Å². The van der Waals surface area contributed by atoms with Crippen LogP contribution in [-0.4, -0.2) is 41.5 Å². The monoisotopic (exact) mass is 329 g/mol. The number of carboxylic acids is 1. The van der Waals surface area contributed by atoms with Gasteiger partial charge in [-0.05, 0) is 37.1 Å². The predicted octanol–water partition coefficient (Wildman–Crippen LogP) is 2.47. The smallest absolute Gasteiger partial charge is 0.340 e. The second-order valence-electron chi connectivity index (χ2n) is 5.39. The van der Waals surface area contributed by atoms with Gasteiger partial charge >= 0.3 is 11.9 Å². The van der Waals surface area contributed by atoms with Crippen LogP contribution in [0, 0.1) is 0 Å². The summed E-state index contributed by atoms with van der Waals surface area (Å²) in [4.78, 5) is 37.2. The van der Waals surface area contributed by atoms with E-state index in [1.165, 1.54) is 19.2 Å². The Morgan fingerprint density at radius 3 is 2.38 bits per heavy atom. The molecule has 0 aromatic heterocycles. The van der Waals surface area contributed by atoms with Gasteiger partial charge in [-0.2, -0.15) is 0 Å².